The van der Waals surface area contributed by atoms with E-state index in [1.165, 1.54) is 32.1 Å². The SMILES string of the molecule is I.NC(=NCC1CCN(S(=O)(=O)c2ccccc2)CC1)NC1CCCCC1. The Hall–Kier alpha value is -0.870. The van der Waals surface area contributed by atoms with Crippen LogP contribution in [0.5, 0.6) is 0 Å². The van der Waals surface area contributed by atoms with E-state index in [1.54, 1.807) is 28.6 Å². The third-order valence-corrected chi connectivity index (χ3v) is 7.34. The van der Waals surface area contributed by atoms with Gasteiger partial charge in [-0.25, -0.2) is 8.42 Å². The second-order valence-corrected chi connectivity index (χ2v) is 9.30. The zero-order valence-corrected chi connectivity index (χ0v) is 18.9. The van der Waals surface area contributed by atoms with E-state index in [2.05, 4.69) is 10.3 Å². The van der Waals surface area contributed by atoms with Crippen LogP contribution in [0.25, 0.3) is 0 Å². The monoisotopic (exact) mass is 506 g/mol. The number of hydrogen-bond donors (Lipinski definition) is 2. The minimum absolute atomic E-state index is 0. The Morgan fingerprint density at radius 3 is 2.33 bits per heavy atom. The van der Waals surface area contributed by atoms with E-state index < -0.39 is 10.0 Å². The molecule has 0 amide bonds. The van der Waals surface area contributed by atoms with Crippen LogP contribution in [0.4, 0.5) is 0 Å². The summed E-state index contributed by atoms with van der Waals surface area (Å²) < 4.78 is 26.9. The van der Waals surface area contributed by atoms with Crippen LogP contribution in [0.2, 0.25) is 0 Å². The van der Waals surface area contributed by atoms with Crippen molar-refractivity contribution in [2.75, 3.05) is 19.6 Å². The number of nitrogens with one attached hydrogen (secondary N) is 1. The van der Waals surface area contributed by atoms with Gasteiger partial charge in [-0.3, -0.25) is 4.99 Å². The largest absolute Gasteiger partial charge is 0.370 e. The molecule has 0 unspecified atom stereocenters. The second-order valence-electron chi connectivity index (χ2n) is 7.37. The standard InChI is InChI=1S/C19H30N4O2S.HI/c20-19(22-17-7-3-1-4-8-17)21-15-16-11-13-23(14-12-16)26(24,25)18-9-5-2-6-10-18;/h2,5-6,9-10,16-17H,1,3-4,7-8,11-15H2,(H3,20,21,22);1H. The second kappa shape index (κ2) is 10.6. The maximum atomic E-state index is 12.6. The fourth-order valence-corrected chi connectivity index (χ4v) is 5.29. The van der Waals surface area contributed by atoms with Gasteiger partial charge in [-0.05, 0) is 43.7 Å². The van der Waals surface area contributed by atoms with Crippen LogP contribution in [0.1, 0.15) is 44.9 Å². The first-order valence-electron chi connectivity index (χ1n) is 9.67. The molecule has 1 aliphatic carbocycles. The zero-order chi connectivity index (χ0) is 18.4. The molecule has 0 radical (unpaired) electrons. The molecule has 3 N–H and O–H groups in total. The van der Waals surface area contributed by atoms with E-state index in [0.29, 0.717) is 42.4 Å². The summed E-state index contributed by atoms with van der Waals surface area (Å²) in [4.78, 5) is 4.88. The van der Waals surface area contributed by atoms with Gasteiger partial charge >= 0.3 is 0 Å². The third-order valence-electron chi connectivity index (χ3n) is 5.43. The molecule has 1 aromatic rings. The molecule has 2 fully saturated rings. The van der Waals surface area contributed by atoms with Gasteiger partial charge in [-0.2, -0.15) is 4.31 Å². The summed E-state index contributed by atoms with van der Waals surface area (Å²) in [5, 5.41) is 3.33. The number of nitrogens with zero attached hydrogens (tertiary/aromatic N) is 2. The van der Waals surface area contributed by atoms with E-state index in [1.807, 2.05) is 6.07 Å². The van der Waals surface area contributed by atoms with Gasteiger partial charge in [0.15, 0.2) is 5.96 Å². The summed E-state index contributed by atoms with van der Waals surface area (Å²) in [6.45, 7) is 1.77. The van der Waals surface area contributed by atoms with Crippen LogP contribution in [0, 0.1) is 5.92 Å². The first-order chi connectivity index (χ1) is 12.6. The number of halogens is 1. The third kappa shape index (κ3) is 6.32. The summed E-state index contributed by atoms with van der Waals surface area (Å²) >= 11 is 0. The quantitative estimate of drug-likeness (QED) is 0.365. The summed E-state index contributed by atoms with van der Waals surface area (Å²) in [5.74, 6) is 0.931. The number of hydrogen-bond acceptors (Lipinski definition) is 3. The maximum Gasteiger partial charge on any atom is 0.243 e. The molecule has 6 nitrogen and oxygen atoms in total. The molecule has 8 heteroatoms. The van der Waals surface area contributed by atoms with Gasteiger partial charge in [-0.15, -0.1) is 24.0 Å². The zero-order valence-electron chi connectivity index (χ0n) is 15.7. The van der Waals surface area contributed by atoms with Crippen molar-refractivity contribution in [1.29, 1.82) is 0 Å². The summed E-state index contributed by atoms with van der Waals surface area (Å²) in [6, 6.07) is 9.12. The number of rotatable bonds is 5. The van der Waals surface area contributed by atoms with Crippen LogP contribution in [0.3, 0.4) is 0 Å². The fourth-order valence-electron chi connectivity index (χ4n) is 3.80. The summed E-state index contributed by atoms with van der Waals surface area (Å²) in [7, 11) is -3.38. The van der Waals surface area contributed by atoms with Crippen molar-refractivity contribution in [3.63, 3.8) is 0 Å². The van der Waals surface area contributed by atoms with Crippen molar-refractivity contribution >= 4 is 40.0 Å². The lowest BCUT2D eigenvalue weighted by atomic mass is 9.96. The number of aliphatic imine (C=N–C) groups is 1. The van der Waals surface area contributed by atoms with Crippen LogP contribution < -0.4 is 11.1 Å². The molecular formula is C19H31IN4O2S. The lowest BCUT2D eigenvalue weighted by Gasteiger charge is -2.30. The first kappa shape index (κ1) is 22.4. The van der Waals surface area contributed by atoms with Crippen molar-refractivity contribution in [2.45, 2.75) is 55.9 Å². The van der Waals surface area contributed by atoms with E-state index in [9.17, 15) is 8.42 Å². The molecule has 0 spiro atoms. The van der Waals surface area contributed by atoms with Gasteiger partial charge in [0.25, 0.3) is 0 Å². The van der Waals surface area contributed by atoms with Gasteiger partial charge in [0, 0.05) is 25.7 Å². The lowest BCUT2D eigenvalue weighted by molar-refractivity contribution is 0.278. The minimum Gasteiger partial charge on any atom is -0.370 e. The highest BCUT2D eigenvalue weighted by molar-refractivity contribution is 14.0. The van der Waals surface area contributed by atoms with Crippen molar-refractivity contribution in [1.82, 2.24) is 9.62 Å². The molecule has 0 aromatic heterocycles. The van der Waals surface area contributed by atoms with Gasteiger partial charge < -0.3 is 11.1 Å². The molecule has 2 aliphatic rings. The molecule has 152 valence electrons. The highest BCUT2D eigenvalue weighted by Crippen LogP contribution is 2.24. The van der Waals surface area contributed by atoms with Gasteiger partial charge in [-0.1, -0.05) is 37.5 Å². The average Bonchev–Trinajstić information content (AvgIpc) is 2.68. The minimum atomic E-state index is -3.38. The Morgan fingerprint density at radius 1 is 1.07 bits per heavy atom. The van der Waals surface area contributed by atoms with E-state index in [-0.39, 0.29) is 24.0 Å². The van der Waals surface area contributed by atoms with Crippen LogP contribution in [-0.2, 0) is 10.0 Å². The van der Waals surface area contributed by atoms with Crippen molar-refractivity contribution in [3.05, 3.63) is 30.3 Å². The predicted molar refractivity (Wildman–Crippen MR) is 120 cm³/mol. The number of piperidine rings is 1. The topological polar surface area (TPSA) is 87.8 Å². The highest BCUT2D eigenvalue weighted by atomic mass is 127. The van der Waals surface area contributed by atoms with Gasteiger partial charge in [0.1, 0.15) is 0 Å². The van der Waals surface area contributed by atoms with E-state index in [4.69, 9.17) is 5.73 Å². The first-order valence-corrected chi connectivity index (χ1v) is 11.1. The number of benzene rings is 1. The smallest absolute Gasteiger partial charge is 0.243 e. The van der Waals surface area contributed by atoms with Gasteiger partial charge in [0.2, 0.25) is 10.0 Å². The Bertz CT molecular complexity index is 698. The van der Waals surface area contributed by atoms with Crippen molar-refractivity contribution in [2.24, 2.45) is 16.6 Å². The molecule has 0 bridgehead atoms. The van der Waals surface area contributed by atoms with Gasteiger partial charge in [0.05, 0.1) is 4.90 Å². The van der Waals surface area contributed by atoms with E-state index >= 15 is 0 Å². The highest BCUT2D eigenvalue weighted by Gasteiger charge is 2.29. The normalized spacial score (nSPS) is 20.8. The Labute approximate surface area is 180 Å². The Kier molecular flexibility index (Phi) is 8.81. The average molecular weight is 506 g/mol. The lowest BCUT2D eigenvalue weighted by Crippen LogP contribution is -2.42. The number of nitrogens with two attached hydrogens (primary N) is 1. The molecule has 1 aromatic carbocycles. The number of guanidine groups is 1. The van der Waals surface area contributed by atoms with Crippen LogP contribution in [0.15, 0.2) is 40.2 Å². The Morgan fingerprint density at radius 2 is 1.70 bits per heavy atom. The van der Waals surface area contributed by atoms with Crippen LogP contribution >= 0.6 is 24.0 Å². The van der Waals surface area contributed by atoms with Crippen LogP contribution in [-0.4, -0.2) is 44.4 Å². The predicted octanol–water partition coefficient (Wildman–Crippen LogP) is 2.94. The summed E-state index contributed by atoms with van der Waals surface area (Å²) in [5.41, 5.74) is 6.03. The molecule has 1 heterocycles. The molecule has 1 saturated carbocycles. The molecule has 27 heavy (non-hydrogen) atoms. The fraction of sp³-hybridized carbons (Fsp3) is 0.632. The molecule has 0 atom stereocenters. The van der Waals surface area contributed by atoms with E-state index in [0.717, 1.165) is 12.8 Å². The van der Waals surface area contributed by atoms with Crippen molar-refractivity contribution in [3.8, 4) is 0 Å². The Balaban J connectivity index is 0.00000261. The summed E-state index contributed by atoms with van der Waals surface area (Å²) in [6.07, 6.45) is 7.84. The molecule has 3 rings (SSSR count). The van der Waals surface area contributed by atoms with Crippen molar-refractivity contribution < 1.29 is 8.42 Å². The molecule has 1 aliphatic heterocycles. The molecule has 1 saturated heterocycles. The number of sulfonamides is 1. The maximum absolute atomic E-state index is 12.6. The molecular weight excluding hydrogens is 475 g/mol.